The number of benzene rings is 2. The van der Waals surface area contributed by atoms with Crippen LogP contribution in [0.2, 0.25) is 0 Å². The van der Waals surface area contributed by atoms with Gasteiger partial charge in [-0.3, -0.25) is 4.99 Å². The molecule has 0 aromatic heterocycles. The number of likely N-dealkylation sites (tertiary alicyclic amines) is 1. The summed E-state index contributed by atoms with van der Waals surface area (Å²) < 4.78 is 11.4. The molecular weight excluding hydrogens is 465 g/mol. The summed E-state index contributed by atoms with van der Waals surface area (Å²) in [6, 6.07) is 18.3. The third-order valence-electron chi connectivity index (χ3n) is 4.83. The molecule has 0 saturated carbocycles. The monoisotopic (exact) mass is 495 g/mol. The molecule has 5 nitrogen and oxygen atoms in total. The van der Waals surface area contributed by atoms with E-state index in [2.05, 4.69) is 27.3 Å². The molecule has 1 aliphatic rings. The maximum atomic E-state index is 6.08. The highest BCUT2D eigenvalue weighted by Crippen LogP contribution is 2.18. The van der Waals surface area contributed by atoms with E-state index in [1.165, 1.54) is 5.56 Å². The van der Waals surface area contributed by atoms with E-state index in [4.69, 9.17) is 9.47 Å². The number of guanidine groups is 1. The van der Waals surface area contributed by atoms with Crippen molar-refractivity contribution >= 4 is 29.9 Å². The average molecular weight is 495 g/mol. The second-order valence-electron chi connectivity index (χ2n) is 6.69. The molecule has 0 bridgehead atoms. The van der Waals surface area contributed by atoms with Crippen molar-refractivity contribution in [3.8, 4) is 11.5 Å². The molecule has 1 fully saturated rings. The van der Waals surface area contributed by atoms with Crippen molar-refractivity contribution in [1.29, 1.82) is 0 Å². The van der Waals surface area contributed by atoms with Crippen LogP contribution in [0.1, 0.15) is 18.4 Å². The zero-order valence-electron chi connectivity index (χ0n) is 16.6. The van der Waals surface area contributed by atoms with Crippen LogP contribution in [0.3, 0.4) is 0 Å². The SMILES string of the molecule is CN=C(NCCc1cccc(OC)c1)N1CCC(Oc2ccccc2)CC1.I. The van der Waals surface area contributed by atoms with Gasteiger partial charge in [-0.1, -0.05) is 30.3 Å². The first-order valence-electron chi connectivity index (χ1n) is 9.58. The van der Waals surface area contributed by atoms with Crippen LogP contribution in [-0.2, 0) is 6.42 Å². The molecule has 0 atom stereocenters. The number of halogens is 1. The van der Waals surface area contributed by atoms with E-state index in [1.807, 2.05) is 49.5 Å². The minimum Gasteiger partial charge on any atom is -0.497 e. The number of rotatable bonds is 6. The molecule has 2 aromatic rings. The topological polar surface area (TPSA) is 46.1 Å². The van der Waals surface area contributed by atoms with Gasteiger partial charge in [0.15, 0.2) is 5.96 Å². The van der Waals surface area contributed by atoms with Crippen molar-refractivity contribution in [2.75, 3.05) is 33.8 Å². The van der Waals surface area contributed by atoms with Gasteiger partial charge in [0, 0.05) is 39.5 Å². The molecule has 152 valence electrons. The van der Waals surface area contributed by atoms with Crippen LogP contribution in [0, 0.1) is 0 Å². The van der Waals surface area contributed by atoms with Gasteiger partial charge in [0.1, 0.15) is 17.6 Å². The summed E-state index contributed by atoms with van der Waals surface area (Å²) in [5.41, 5.74) is 1.26. The molecule has 1 heterocycles. The van der Waals surface area contributed by atoms with Crippen LogP contribution < -0.4 is 14.8 Å². The van der Waals surface area contributed by atoms with E-state index >= 15 is 0 Å². The molecule has 1 aliphatic heterocycles. The Kier molecular flexibility index (Phi) is 9.40. The Labute approximate surface area is 185 Å². The summed E-state index contributed by atoms with van der Waals surface area (Å²) in [6.45, 7) is 2.76. The van der Waals surface area contributed by atoms with Crippen molar-refractivity contribution in [1.82, 2.24) is 10.2 Å². The van der Waals surface area contributed by atoms with Gasteiger partial charge in [0.25, 0.3) is 0 Å². The fraction of sp³-hybridized carbons (Fsp3) is 0.409. The second-order valence-corrected chi connectivity index (χ2v) is 6.69. The highest BCUT2D eigenvalue weighted by Gasteiger charge is 2.22. The number of hydrogen-bond donors (Lipinski definition) is 1. The average Bonchev–Trinajstić information content (AvgIpc) is 2.73. The summed E-state index contributed by atoms with van der Waals surface area (Å²) in [5.74, 6) is 2.82. The van der Waals surface area contributed by atoms with Gasteiger partial charge in [0.2, 0.25) is 0 Å². The summed E-state index contributed by atoms with van der Waals surface area (Å²) >= 11 is 0. The summed E-state index contributed by atoms with van der Waals surface area (Å²) in [4.78, 5) is 6.77. The predicted molar refractivity (Wildman–Crippen MR) is 125 cm³/mol. The number of para-hydroxylation sites is 1. The van der Waals surface area contributed by atoms with Crippen LogP contribution in [0.4, 0.5) is 0 Å². The highest BCUT2D eigenvalue weighted by molar-refractivity contribution is 14.0. The van der Waals surface area contributed by atoms with Gasteiger partial charge in [-0.2, -0.15) is 0 Å². The lowest BCUT2D eigenvalue weighted by atomic mass is 10.1. The fourth-order valence-corrected chi connectivity index (χ4v) is 3.36. The quantitative estimate of drug-likeness (QED) is 0.374. The number of piperidine rings is 1. The van der Waals surface area contributed by atoms with Crippen LogP contribution in [-0.4, -0.2) is 50.8 Å². The van der Waals surface area contributed by atoms with E-state index < -0.39 is 0 Å². The first-order chi connectivity index (χ1) is 13.3. The summed E-state index contributed by atoms with van der Waals surface area (Å²) in [6.07, 6.45) is 3.22. The Morgan fingerprint density at radius 1 is 1.07 bits per heavy atom. The number of nitrogens with zero attached hydrogens (tertiary/aromatic N) is 2. The smallest absolute Gasteiger partial charge is 0.193 e. The van der Waals surface area contributed by atoms with E-state index in [9.17, 15) is 0 Å². The third kappa shape index (κ3) is 6.58. The van der Waals surface area contributed by atoms with Crippen LogP contribution in [0.15, 0.2) is 59.6 Å². The molecule has 0 aliphatic carbocycles. The van der Waals surface area contributed by atoms with Crippen molar-refractivity contribution in [2.45, 2.75) is 25.4 Å². The lowest BCUT2D eigenvalue weighted by Gasteiger charge is -2.34. The maximum absolute atomic E-state index is 6.08. The number of ether oxygens (including phenoxy) is 2. The molecule has 0 unspecified atom stereocenters. The number of hydrogen-bond acceptors (Lipinski definition) is 3. The van der Waals surface area contributed by atoms with Crippen LogP contribution in [0.5, 0.6) is 11.5 Å². The zero-order valence-corrected chi connectivity index (χ0v) is 19.0. The molecule has 3 rings (SSSR count). The predicted octanol–water partition coefficient (Wildman–Crippen LogP) is 3.97. The maximum Gasteiger partial charge on any atom is 0.193 e. The lowest BCUT2D eigenvalue weighted by molar-refractivity contribution is 0.129. The normalized spacial score (nSPS) is 14.9. The van der Waals surface area contributed by atoms with E-state index in [0.717, 1.165) is 56.4 Å². The molecule has 0 spiro atoms. The zero-order chi connectivity index (χ0) is 18.9. The molecule has 6 heteroatoms. The van der Waals surface area contributed by atoms with Gasteiger partial charge < -0.3 is 19.7 Å². The van der Waals surface area contributed by atoms with Crippen molar-refractivity contribution in [3.05, 3.63) is 60.2 Å². The van der Waals surface area contributed by atoms with Gasteiger partial charge in [0.05, 0.1) is 7.11 Å². The van der Waals surface area contributed by atoms with Crippen molar-refractivity contribution in [2.24, 2.45) is 4.99 Å². The largest absolute Gasteiger partial charge is 0.497 e. The second kappa shape index (κ2) is 11.8. The van der Waals surface area contributed by atoms with Gasteiger partial charge in [-0.25, -0.2) is 0 Å². The van der Waals surface area contributed by atoms with Crippen molar-refractivity contribution < 1.29 is 9.47 Å². The third-order valence-corrected chi connectivity index (χ3v) is 4.83. The van der Waals surface area contributed by atoms with Crippen LogP contribution >= 0.6 is 24.0 Å². The Morgan fingerprint density at radius 3 is 2.46 bits per heavy atom. The number of methoxy groups -OCH3 is 1. The van der Waals surface area contributed by atoms with E-state index in [1.54, 1.807) is 7.11 Å². The molecule has 1 N–H and O–H groups in total. The molecular formula is C22H30IN3O2. The molecule has 1 saturated heterocycles. The van der Waals surface area contributed by atoms with Crippen LogP contribution in [0.25, 0.3) is 0 Å². The van der Waals surface area contributed by atoms with Gasteiger partial charge in [-0.05, 0) is 36.2 Å². The fourth-order valence-electron chi connectivity index (χ4n) is 3.36. The highest BCUT2D eigenvalue weighted by atomic mass is 127. The standard InChI is InChI=1S/C22H29N3O2.HI/c1-23-22(24-14-11-18-7-6-10-21(17-18)26-2)25-15-12-20(13-16-25)27-19-8-4-3-5-9-19;/h3-10,17,20H,11-16H2,1-2H3,(H,23,24);1H. The summed E-state index contributed by atoms with van der Waals surface area (Å²) in [5, 5.41) is 3.48. The number of nitrogens with one attached hydrogen (secondary N) is 1. The van der Waals surface area contributed by atoms with E-state index in [0.29, 0.717) is 0 Å². The minimum absolute atomic E-state index is 0. The Hall–Kier alpha value is -1.96. The van der Waals surface area contributed by atoms with Crippen molar-refractivity contribution in [3.63, 3.8) is 0 Å². The molecule has 0 amide bonds. The number of aliphatic imine (C=N–C) groups is 1. The molecule has 2 aromatic carbocycles. The lowest BCUT2D eigenvalue weighted by Crippen LogP contribution is -2.47. The molecule has 28 heavy (non-hydrogen) atoms. The Balaban J connectivity index is 0.00000280. The van der Waals surface area contributed by atoms with Gasteiger partial charge in [-0.15, -0.1) is 24.0 Å². The Bertz CT molecular complexity index is 732. The molecule has 0 radical (unpaired) electrons. The first kappa shape index (κ1) is 22.3. The van der Waals surface area contributed by atoms with E-state index in [-0.39, 0.29) is 30.1 Å². The summed E-state index contributed by atoms with van der Waals surface area (Å²) in [7, 11) is 3.55. The first-order valence-corrected chi connectivity index (χ1v) is 9.58. The van der Waals surface area contributed by atoms with Gasteiger partial charge >= 0.3 is 0 Å². The Morgan fingerprint density at radius 2 is 1.79 bits per heavy atom. The minimum atomic E-state index is 0.